The third kappa shape index (κ3) is 2.68. The Hall–Kier alpha value is -1.10. The van der Waals surface area contributed by atoms with E-state index in [1.807, 2.05) is 18.2 Å². The molecule has 2 rings (SSSR count). The van der Waals surface area contributed by atoms with E-state index in [4.69, 9.17) is 4.74 Å². The van der Waals surface area contributed by atoms with Gasteiger partial charge in [-0.15, -0.1) is 0 Å². The summed E-state index contributed by atoms with van der Waals surface area (Å²) in [6, 6.07) is 5.66. The second-order valence-electron chi connectivity index (χ2n) is 3.34. The molecular weight excluding hydrogens is 260 g/mol. The largest absolute Gasteiger partial charge is 0.449 e. The van der Waals surface area contributed by atoms with E-state index in [0.29, 0.717) is 13.2 Å². The lowest BCUT2D eigenvalue weighted by Crippen LogP contribution is -2.37. The summed E-state index contributed by atoms with van der Waals surface area (Å²) in [5.74, 6) is 0. The molecule has 2 heterocycles. The molecule has 1 aliphatic rings. The van der Waals surface area contributed by atoms with Gasteiger partial charge in [-0.05, 0) is 34.5 Å². The second kappa shape index (κ2) is 4.61. The number of amides is 1. The third-order valence-electron chi connectivity index (χ3n) is 2.18. The highest BCUT2D eigenvalue weighted by molar-refractivity contribution is 9.10. The number of rotatable bonds is 2. The molecule has 1 aliphatic heterocycles. The van der Waals surface area contributed by atoms with Gasteiger partial charge in [0.15, 0.2) is 0 Å². The van der Waals surface area contributed by atoms with E-state index in [9.17, 15) is 4.79 Å². The van der Waals surface area contributed by atoms with Crippen LogP contribution in [0.4, 0.5) is 4.79 Å². The molecule has 0 atom stereocenters. The van der Waals surface area contributed by atoms with E-state index in [-0.39, 0.29) is 6.09 Å². The van der Waals surface area contributed by atoms with Crippen LogP contribution in [0.5, 0.6) is 0 Å². The van der Waals surface area contributed by atoms with Crippen molar-refractivity contribution >= 4 is 22.0 Å². The normalized spacial score (nSPS) is 16.3. The lowest BCUT2D eigenvalue weighted by Gasteiger charge is -2.25. The third-order valence-corrected chi connectivity index (χ3v) is 2.62. The van der Waals surface area contributed by atoms with Crippen LogP contribution in [0.2, 0.25) is 0 Å². The van der Waals surface area contributed by atoms with Gasteiger partial charge in [0, 0.05) is 6.54 Å². The minimum absolute atomic E-state index is 0.247. The molecule has 0 saturated carbocycles. The molecule has 4 nitrogen and oxygen atoms in total. The Balaban J connectivity index is 2.04. The van der Waals surface area contributed by atoms with Gasteiger partial charge < -0.3 is 9.64 Å². The highest BCUT2D eigenvalue weighted by Crippen LogP contribution is 2.11. The van der Waals surface area contributed by atoms with Crippen molar-refractivity contribution in [2.45, 2.75) is 13.0 Å². The minimum atomic E-state index is -0.247. The molecule has 1 aromatic rings. The molecule has 0 spiro atoms. The van der Waals surface area contributed by atoms with Crippen molar-refractivity contribution in [2.75, 3.05) is 13.2 Å². The maximum Gasteiger partial charge on any atom is 0.410 e. The van der Waals surface area contributed by atoms with Crippen molar-refractivity contribution in [1.29, 1.82) is 0 Å². The molecule has 0 radical (unpaired) electrons. The smallest absolute Gasteiger partial charge is 0.410 e. The SMILES string of the molecule is O=C1OCCCN1Cc1cccc(Br)n1. The van der Waals surface area contributed by atoms with E-state index >= 15 is 0 Å². The van der Waals surface area contributed by atoms with Crippen LogP contribution in [0.15, 0.2) is 22.8 Å². The van der Waals surface area contributed by atoms with Crippen LogP contribution >= 0.6 is 15.9 Å². The van der Waals surface area contributed by atoms with Crippen LogP contribution in [0.3, 0.4) is 0 Å². The number of pyridine rings is 1. The number of nitrogens with zero attached hydrogens (tertiary/aromatic N) is 2. The minimum Gasteiger partial charge on any atom is -0.449 e. The highest BCUT2D eigenvalue weighted by Gasteiger charge is 2.19. The summed E-state index contributed by atoms with van der Waals surface area (Å²) in [5, 5.41) is 0. The molecule has 5 heteroatoms. The van der Waals surface area contributed by atoms with Crippen LogP contribution in [0, 0.1) is 0 Å². The summed E-state index contributed by atoms with van der Waals surface area (Å²) in [4.78, 5) is 17.3. The standard InChI is InChI=1S/C10H11BrN2O2/c11-9-4-1-3-8(12-9)7-13-5-2-6-15-10(13)14/h1,3-4H,2,5-7H2. The first kappa shape index (κ1) is 10.4. The molecule has 0 N–H and O–H groups in total. The van der Waals surface area contributed by atoms with Gasteiger partial charge in [-0.1, -0.05) is 6.07 Å². The van der Waals surface area contributed by atoms with Crippen molar-refractivity contribution in [3.8, 4) is 0 Å². The Kier molecular flexibility index (Phi) is 3.20. The zero-order chi connectivity index (χ0) is 10.7. The second-order valence-corrected chi connectivity index (χ2v) is 4.15. The van der Waals surface area contributed by atoms with Crippen molar-refractivity contribution in [2.24, 2.45) is 0 Å². The van der Waals surface area contributed by atoms with Gasteiger partial charge >= 0.3 is 6.09 Å². The Bertz CT molecular complexity index is 370. The number of carbonyl (C=O) groups excluding carboxylic acids is 1. The van der Waals surface area contributed by atoms with Gasteiger partial charge in [0.25, 0.3) is 0 Å². The zero-order valence-corrected chi connectivity index (χ0v) is 9.74. The quantitative estimate of drug-likeness (QED) is 0.774. The molecule has 1 amide bonds. The predicted octanol–water partition coefficient (Wildman–Crippen LogP) is 2.19. The molecular formula is C10H11BrN2O2. The Morgan fingerprint density at radius 1 is 1.53 bits per heavy atom. The van der Waals surface area contributed by atoms with Crippen LogP contribution < -0.4 is 0 Å². The van der Waals surface area contributed by atoms with Crippen LogP contribution in [0.25, 0.3) is 0 Å². The van der Waals surface area contributed by atoms with Gasteiger partial charge in [-0.2, -0.15) is 0 Å². The molecule has 0 aromatic carbocycles. The molecule has 0 unspecified atom stereocenters. The molecule has 80 valence electrons. The van der Waals surface area contributed by atoms with E-state index in [1.165, 1.54) is 0 Å². The molecule has 1 aromatic heterocycles. The predicted molar refractivity (Wildman–Crippen MR) is 58.3 cm³/mol. The summed E-state index contributed by atoms with van der Waals surface area (Å²) >= 11 is 3.30. The molecule has 1 fully saturated rings. The first-order valence-corrected chi connectivity index (χ1v) is 5.58. The average molecular weight is 271 g/mol. The summed E-state index contributed by atoms with van der Waals surface area (Å²) in [6.45, 7) is 1.78. The lowest BCUT2D eigenvalue weighted by atomic mass is 10.3. The Morgan fingerprint density at radius 3 is 3.13 bits per heavy atom. The van der Waals surface area contributed by atoms with E-state index in [1.54, 1.807) is 4.90 Å². The number of hydrogen-bond acceptors (Lipinski definition) is 3. The van der Waals surface area contributed by atoms with Crippen LogP contribution in [0.1, 0.15) is 12.1 Å². The maximum atomic E-state index is 11.3. The number of halogens is 1. The Morgan fingerprint density at radius 2 is 2.40 bits per heavy atom. The topological polar surface area (TPSA) is 42.4 Å². The monoisotopic (exact) mass is 270 g/mol. The zero-order valence-electron chi connectivity index (χ0n) is 8.15. The van der Waals surface area contributed by atoms with Gasteiger partial charge in [0.1, 0.15) is 4.60 Å². The summed E-state index contributed by atoms with van der Waals surface area (Å²) < 4.78 is 5.72. The van der Waals surface area contributed by atoms with Gasteiger partial charge in [-0.3, -0.25) is 0 Å². The van der Waals surface area contributed by atoms with Crippen LogP contribution in [-0.2, 0) is 11.3 Å². The van der Waals surface area contributed by atoms with Gasteiger partial charge in [-0.25, -0.2) is 9.78 Å². The highest BCUT2D eigenvalue weighted by atomic mass is 79.9. The first-order valence-electron chi connectivity index (χ1n) is 4.79. The number of aromatic nitrogens is 1. The van der Waals surface area contributed by atoms with Crippen molar-refractivity contribution < 1.29 is 9.53 Å². The van der Waals surface area contributed by atoms with E-state index < -0.39 is 0 Å². The van der Waals surface area contributed by atoms with Crippen molar-refractivity contribution in [1.82, 2.24) is 9.88 Å². The first-order chi connectivity index (χ1) is 7.25. The summed E-state index contributed by atoms with van der Waals surface area (Å²) in [7, 11) is 0. The summed E-state index contributed by atoms with van der Waals surface area (Å²) in [5.41, 5.74) is 0.864. The van der Waals surface area contributed by atoms with E-state index in [0.717, 1.165) is 23.3 Å². The van der Waals surface area contributed by atoms with Crippen molar-refractivity contribution in [3.05, 3.63) is 28.5 Å². The average Bonchev–Trinajstić information content (AvgIpc) is 2.22. The van der Waals surface area contributed by atoms with Crippen LogP contribution in [-0.4, -0.2) is 29.1 Å². The Labute approximate surface area is 96.4 Å². The van der Waals surface area contributed by atoms with Gasteiger partial charge in [0.05, 0.1) is 18.8 Å². The molecule has 0 aliphatic carbocycles. The number of carbonyl (C=O) groups is 1. The number of ether oxygens (including phenoxy) is 1. The van der Waals surface area contributed by atoms with Gasteiger partial charge in [0.2, 0.25) is 0 Å². The molecule has 15 heavy (non-hydrogen) atoms. The van der Waals surface area contributed by atoms with E-state index in [2.05, 4.69) is 20.9 Å². The van der Waals surface area contributed by atoms with Crippen molar-refractivity contribution in [3.63, 3.8) is 0 Å². The fourth-order valence-electron chi connectivity index (χ4n) is 1.47. The molecule has 0 bridgehead atoms. The number of cyclic esters (lactones) is 1. The summed E-state index contributed by atoms with van der Waals surface area (Å²) in [6.07, 6.45) is 0.641. The number of hydrogen-bond donors (Lipinski definition) is 0. The maximum absolute atomic E-state index is 11.3. The fraction of sp³-hybridized carbons (Fsp3) is 0.400. The lowest BCUT2D eigenvalue weighted by molar-refractivity contribution is 0.0695. The fourth-order valence-corrected chi connectivity index (χ4v) is 1.86. The molecule has 1 saturated heterocycles.